The van der Waals surface area contributed by atoms with E-state index in [-0.39, 0.29) is 24.6 Å². The first-order valence-corrected chi connectivity index (χ1v) is 11.8. The summed E-state index contributed by atoms with van der Waals surface area (Å²) >= 11 is 0. The van der Waals surface area contributed by atoms with Gasteiger partial charge in [0.2, 0.25) is 15.9 Å². The number of hydrogen-bond donors (Lipinski definition) is 0. The Labute approximate surface area is 188 Å². The number of benzene rings is 2. The Morgan fingerprint density at radius 3 is 2.47 bits per heavy atom. The Morgan fingerprint density at radius 2 is 1.81 bits per heavy atom. The number of halogens is 1. The monoisotopic (exact) mass is 458 g/mol. The molecule has 7 nitrogen and oxygen atoms in total. The van der Waals surface area contributed by atoms with Crippen molar-refractivity contribution in [1.82, 2.24) is 14.1 Å². The molecule has 0 unspecified atom stereocenters. The van der Waals surface area contributed by atoms with Crippen molar-refractivity contribution in [2.75, 3.05) is 39.8 Å². The van der Waals surface area contributed by atoms with Crippen LogP contribution in [0.2, 0.25) is 0 Å². The van der Waals surface area contributed by atoms with Gasteiger partial charge in [0.25, 0.3) is 0 Å². The summed E-state index contributed by atoms with van der Waals surface area (Å²) in [5, 5.41) is 8.99. The van der Waals surface area contributed by atoms with Crippen LogP contribution in [-0.4, -0.2) is 68.2 Å². The van der Waals surface area contributed by atoms with Crippen molar-refractivity contribution in [1.29, 1.82) is 5.26 Å². The third-order valence-electron chi connectivity index (χ3n) is 5.66. The van der Waals surface area contributed by atoms with Crippen molar-refractivity contribution < 1.29 is 17.6 Å². The second-order valence-electron chi connectivity index (χ2n) is 8.12. The molecule has 0 saturated carbocycles. The molecule has 0 radical (unpaired) electrons. The van der Waals surface area contributed by atoms with Gasteiger partial charge in [0.1, 0.15) is 5.82 Å². The third-order valence-corrected chi connectivity index (χ3v) is 7.70. The molecule has 1 heterocycles. The number of likely N-dealkylation sites (N-methyl/N-ethyl adjacent to an activating group) is 1. The first-order valence-electron chi connectivity index (χ1n) is 10.3. The smallest absolute Gasteiger partial charge is 0.243 e. The topological polar surface area (TPSA) is 84.7 Å². The highest BCUT2D eigenvalue weighted by atomic mass is 32.2. The summed E-state index contributed by atoms with van der Waals surface area (Å²) in [4.78, 5) is 16.3. The summed E-state index contributed by atoms with van der Waals surface area (Å²) in [6.07, 6.45) is 0. The maximum atomic E-state index is 14.0. The Morgan fingerprint density at radius 1 is 1.12 bits per heavy atom. The fourth-order valence-electron chi connectivity index (χ4n) is 3.67. The number of rotatable bonds is 6. The Hall–Kier alpha value is -2.80. The summed E-state index contributed by atoms with van der Waals surface area (Å²) in [5.74, 6) is -0.661. The SMILES string of the molecule is Cc1ccc(C)c(S(=O)(=O)N2CCN(CC(=O)N(C)Cc3cc(C#N)ccc3F)CC2)c1. The predicted molar refractivity (Wildman–Crippen MR) is 119 cm³/mol. The molecule has 1 fully saturated rings. The van der Waals surface area contributed by atoms with Crippen molar-refractivity contribution in [2.45, 2.75) is 25.3 Å². The highest BCUT2D eigenvalue weighted by molar-refractivity contribution is 7.89. The Kier molecular flexibility index (Phi) is 7.29. The zero-order valence-electron chi connectivity index (χ0n) is 18.5. The maximum absolute atomic E-state index is 14.0. The van der Waals surface area contributed by atoms with E-state index in [1.165, 1.54) is 27.4 Å². The molecule has 32 heavy (non-hydrogen) atoms. The normalized spacial score (nSPS) is 15.3. The van der Waals surface area contributed by atoms with Gasteiger partial charge >= 0.3 is 0 Å². The largest absolute Gasteiger partial charge is 0.340 e. The molecule has 170 valence electrons. The lowest BCUT2D eigenvalue weighted by molar-refractivity contribution is -0.131. The highest BCUT2D eigenvalue weighted by Gasteiger charge is 2.30. The summed E-state index contributed by atoms with van der Waals surface area (Å²) in [6, 6.07) is 11.4. The van der Waals surface area contributed by atoms with Crippen LogP contribution in [0, 0.1) is 31.0 Å². The fourth-order valence-corrected chi connectivity index (χ4v) is 5.41. The lowest BCUT2D eigenvalue weighted by Gasteiger charge is -2.34. The minimum atomic E-state index is -3.59. The van der Waals surface area contributed by atoms with Crippen LogP contribution in [0.1, 0.15) is 22.3 Å². The molecule has 2 aromatic rings. The average molecular weight is 459 g/mol. The van der Waals surface area contributed by atoms with Crippen molar-refractivity contribution >= 4 is 15.9 Å². The second-order valence-corrected chi connectivity index (χ2v) is 10.0. The van der Waals surface area contributed by atoms with E-state index in [1.54, 1.807) is 20.0 Å². The Balaban J connectivity index is 1.58. The molecule has 1 amide bonds. The van der Waals surface area contributed by atoms with Crippen LogP contribution in [0.3, 0.4) is 0 Å². The van der Waals surface area contributed by atoms with E-state index >= 15 is 0 Å². The van der Waals surface area contributed by atoms with Gasteiger partial charge in [-0.1, -0.05) is 12.1 Å². The molecule has 3 rings (SSSR count). The molecule has 1 aliphatic heterocycles. The molecule has 1 saturated heterocycles. The second kappa shape index (κ2) is 9.77. The van der Waals surface area contributed by atoms with Gasteiger partial charge in [-0.05, 0) is 49.2 Å². The van der Waals surface area contributed by atoms with E-state index in [0.29, 0.717) is 42.2 Å². The van der Waals surface area contributed by atoms with Crippen LogP contribution in [0.5, 0.6) is 0 Å². The summed E-state index contributed by atoms with van der Waals surface area (Å²) in [6.45, 7) is 5.28. The van der Waals surface area contributed by atoms with Gasteiger partial charge in [-0.25, -0.2) is 12.8 Å². The van der Waals surface area contributed by atoms with Crippen LogP contribution in [0.25, 0.3) is 0 Å². The molecule has 0 spiro atoms. The molecule has 1 aliphatic rings. The van der Waals surface area contributed by atoms with Gasteiger partial charge in [-0.15, -0.1) is 0 Å². The first kappa shape index (κ1) is 23.9. The molecule has 0 bridgehead atoms. The highest BCUT2D eigenvalue weighted by Crippen LogP contribution is 2.22. The van der Waals surface area contributed by atoms with Crippen molar-refractivity contribution in [2.24, 2.45) is 0 Å². The number of amides is 1. The van der Waals surface area contributed by atoms with E-state index < -0.39 is 15.8 Å². The van der Waals surface area contributed by atoms with E-state index in [2.05, 4.69) is 0 Å². The number of hydrogen-bond acceptors (Lipinski definition) is 5. The van der Waals surface area contributed by atoms with Crippen molar-refractivity contribution in [3.05, 3.63) is 64.5 Å². The minimum absolute atomic E-state index is 0.0567. The first-order chi connectivity index (χ1) is 15.1. The van der Waals surface area contributed by atoms with Gasteiger partial charge in [0, 0.05) is 45.3 Å². The summed E-state index contributed by atoms with van der Waals surface area (Å²) in [5.41, 5.74) is 2.22. The summed E-state index contributed by atoms with van der Waals surface area (Å²) < 4.78 is 41.6. The molecule has 2 aromatic carbocycles. The van der Waals surface area contributed by atoms with E-state index in [1.807, 2.05) is 30.0 Å². The van der Waals surface area contributed by atoms with E-state index in [0.717, 1.165) is 5.56 Å². The average Bonchev–Trinajstić information content (AvgIpc) is 2.77. The van der Waals surface area contributed by atoms with E-state index in [9.17, 15) is 17.6 Å². The van der Waals surface area contributed by atoms with Crippen LogP contribution >= 0.6 is 0 Å². The lowest BCUT2D eigenvalue weighted by Crippen LogP contribution is -2.51. The van der Waals surface area contributed by atoms with Crippen LogP contribution in [0.15, 0.2) is 41.3 Å². The molecule has 0 aromatic heterocycles. The molecular weight excluding hydrogens is 431 g/mol. The van der Waals surface area contributed by atoms with Crippen molar-refractivity contribution in [3.8, 4) is 6.07 Å². The molecule has 9 heteroatoms. The van der Waals surface area contributed by atoms with Crippen LogP contribution in [-0.2, 0) is 21.4 Å². The van der Waals surface area contributed by atoms with Crippen molar-refractivity contribution in [3.63, 3.8) is 0 Å². The number of sulfonamides is 1. The quantitative estimate of drug-likeness (QED) is 0.663. The standard InChI is InChI=1S/C23H27FN4O3S/c1-17-4-5-18(2)22(12-17)32(30,31)28-10-8-27(9-11-28)16-23(29)26(3)15-20-13-19(14-25)6-7-21(20)24/h4-7,12-13H,8-11,15-16H2,1-3H3. The Bertz CT molecular complexity index is 1150. The molecule has 0 aliphatic carbocycles. The number of nitrogens with zero attached hydrogens (tertiary/aromatic N) is 4. The zero-order chi connectivity index (χ0) is 23.5. The number of nitriles is 1. The van der Waals surface area contributed by atoms with Gasteiger partial charge in [-0.2, -0.15) is 9.57 Å². The number of carbonyl (C=O) groups is 1. The van der Waals surface area contributed by atoms with E-state index in [4.69, 9.17) is 5.26 Å². The van der Waals surface area contributed by atoms with Gasteiger partial charge in [0.05, 0.1) is 23.1 Å². The van der Waals surface area contributed by atoms with Gasteiger partial charge in [-0.3, -0.25) is 9.69 Å². The lowest BCUT2D eigenvalue weighted by atomic mass is 10.1. The van der Waals surface area contributed by atoms with Crippen LogP contribution < -0.4 is 0 Å². The fraction of sp³-hybridized carbons (Fsp3) is 0.391. The molecule has 0 N–H and O–H groups in total. The summed E-state index contributed by atoms with van der Waals surface area (Å²) in [7, 11) is -2.01. The molecular formula is C23H27FN4O3S. The van der Waals surface area contributed by atoms with Gasteiger partial charge in [0.15, 0.2) is 0 Å². The predicted octanol–water partition coefficient (Wildman–Crippen LogP) is 2.28. The maximum Gasteiger partial charge on any atom is 0.243 e. The number of aryl methyl sites for hydroxylation is 2. The van der Waals surface area contributed by atoms with Crippen LogP contribution in [0.4, 0.5) is 4.39 Å². The third kappa shape index (κ3) is 5.33. The molecule has 0 atom stereocenters. The minimum Gasteiger partial charge on any atom is -0.340 e. The van der Waals surface area contributed by atoms with Gasteiger partial charge < -0.3 is 4.90 Å². The zero-order valence-corrected chi connectivity index (χ0v) is 19.3. The number of piperazine rings is 1. The number of carbonyl (C=O) groups excluding carboxylic acids is 1.